The average Bonchev–Trinajstić information content (AvgIpc) is 2.43. The lowest BCUT2D eigenvalue weighted by atomic mass is 10.0. The number of ether oxygens (including phenoxy) is 1. The molecule has 0 fully saturated rings. The molecule has 2 nitrogen and oxygen atoms in total. The van der Waals surface area contributed by atoms with Gasteiger partial charge in [-0.3, -0.25) is 4.79 Å². The van der Waals surface area contributed by atoms with Crippen molar-refractivity contribution in [1.82, 2.24) is 0 Å². The summed E-state index contributed by atoms with van der Waals surface area (Å²) >= 11 is 0. The van der Waals surface area contributed by atoms with Crippen LogP contribution in [0.4, 0.5) is 0 Å². The van der Waals surface area contributed by atoms with Gasteiger partial charge in [0.1, 0.15) is 0 Å². The van der Waals surface area contributed by atoms with E-state index in [-0.39, 0.29) is 11.9 Å². The van der Waals surface area contributed by atoms with Crippen LogP contribution in [-0.2, 0) is 9.53 Å². The predicted molar refractivity (Wildman–Crippen MR) is 76.5 cm³/mol. The van der Waals surface area contributed by atoms with Crippen LogP contribution in [0.3, 0.4) is 0 Å². The standard InChI is InChI=1S/C17H16O2/c1-4-16(19-17(18)12(2)3)15-10-9-13-7-5-6-8-14(13)11-15/h1,5-12,16H,2-3H3/t16-/m1/s1. The lowest BCUT2D eigenvalue weighted by molar-refractivity contribution is -0.150. The van der Waals surface area contributed by atoms with E-state index >= 15 is 0 Å². The van der Waals surface area contributed by atoms with Gasteiger partial charge in [-0.1, -0.05) is 56.2 Å². The van der Waals surface area contributed by atoms with Gasteiger partial charge in [0.25, 0.3) is 0 Å². The van der Waals surface area contributed by atoms with Crippen LogP contribution < -0.4 is 0 Å². The van der Waals surface area contributed by atoms with Crippen LogP contribution in [0.5, 0.6) is 0 Å². The van der Waals surface area contributed by atoms with Gasteiger partial charge in [-0.25, -0.2) is 0 Å². The minimum absolute atomic E-state index is 0.184. The first-order valence-corrected chi connectivity index (χ1v) is 6.27. The molecule has 0 radical (unpaired) electrons. The molecule has 0 heterocycles. The van der Waals surface area contributed by atoms with Crippen molar-refractivity contribution in [3.8, 4) is 12.3 Å². The first kappa shape index (κ1) is 13.2. The maximum atomic E-state index is 11.6. The molecule has 0 saturated carbocycles. The van der Waals surface area contributed by atoms with Gasteiger partial charge in [0.15, 0.2) is 6.10 Å². The number of hydrogen-bond donors (Lipinski definition) is 0. The molecular formula is C17H16O2. The molecule has 0 amide bonds. The zero-order valence-electron chi connectivity index (χ0n) is 11.1. The van der Waals surface area contributed by atoms with E-state index in [1.54, 1.807) is 13.8 Å². The van der Waals surface area contributed by atoms with Gasteiger partial charge in [0.2, 0.25) is 0 Å². The van der Waals surface area contributed by atoms with Gasteiger partial charge in [0, 0.05) is 5.56 Å². The third-order valence-electron chi connectivity index (χ3n) is 2.93. The molecule has 19 heavy (non-hydrogen) atoms. The Kier molecular flexibility index (Phi) is 3.87. The van der Waals surface area contributed by atoms with Crippen LogP contribution >= 0.6 is 0 Å². The molecule has 0 saturated heterocycles. The van der Waals surface area contributed by atoms with Crippen molar-refractivity contribution in [3.05, 3.63) is 48.0 Å². The van der Waals surface area contributed by atoms with Crippen molar-refractivity contribution in [2.24, 2.45) is 5.92 Å². The molecule has 0 aliphatic heterocycles. The van der Waals surface area contributed by atoms with E-state index in [4.69, 9.17) is 11.2 Å². The minimum atomic E-state index is -0.625. The molecule has 0 aliphatic carbocycles. The smallest absolute Gasteiger partial charge is 0.309 e. The Hall–Kier alpha value is -2.27. The average molecular weight is 252 g/mol. The first-order chi connectivity index (χ1) is 9.11. The molecule has 0 aliphatic rings. The van der Waals surface area contributed by atoms with Gasteiger partial charge in [-0.15, -0.1) is 6.42 Å². The number of rotatable bonds is 3. The van der Waals surface area contributed by atoms with Crippen molar-refractivity contribution in [2.45, 2.75) is 20.0 Å². The molecule has 0 spiro atoms. The van der Waals surface area contributed by atoms with Crippen molar-refractivity contribution in [1.29, 1.82) is 0 Å². The van der Waals surface area contributed by atoms with E-state index in [0.717, 1.165) is 16.3 Å². The van der Waals surface area contributed by atoms with Crippen LogP contribution in [0.1, 0.15) is 25.5 Å². The van der Waals surface area contributed by atoms with Gasteiger partial charge in [-0.05, 0) is 16.8 Å². The Bertz CT molecular complexity index is 635. The van der Waals surface area contributed by atoms with Crippen LogP contribution in [0.25, 0.3) is 10.8 Å². The van der Waals surface area contributed by atoms with Crippen molar-refractivity contribution in [3.63, 3.8) is 0 Å². The Labute approximate surface area is 113 Å². The lowest BCUT2D eigenvalue weighted by Crippen LogP contribution is -2.15. The summed E-state index contributed by atoms with van der Waals surface area (Å²) in [4.78, 5) is 11.6. The van der Waals surface area contributed by atoms with Gasteiger partial charge < -0.3 is 4.74 Å². The fraction of sp³-hybridized carbons (Fsp3) is 0.235. The van der Waals surface area contributed by atoms with Crippen molar-refractivity contribution < 1.29 is 9.53 Å². The second-order valence-corrected chi connectivity index (χ2v) is 4.74. The Morgan fingerprint density at radius 1 is 1.16 bits per heavy atom. The van der Waals surface area contributed by atoms with Gasteiger partial charge in [0.05, 0.1) is 5.92 Å². The fourth-order valence-electron chi connectivity index (χ4n) is 1.82. The SMILES string of the molecule is C#C[C@@H](OC(=O)C(C)C)c1ccc2ccccc2c1. The quantitative estimate of drug-likeness (QED) is 0.615. The summed E-state index contributed by atoms with van der Waals surface area (Å²) in [6.45, 7) is 3.58. The number of hydrogen-bond acceptors (Lipinski definition) is 2. The number of fused-ring (bicyclic) bond motifs is 1. The summed E-state index contributed by atoms with van der Waals surface area (Å²) in [6, 6.07) is 13.9. The van der Waals surface area contributed by atoms with Gasteiger partial charge in [-0.2, -0.15) is 0 Å². The van der Waals surface area contributed by atoms with Gasteiger partial charge >= 0.3 is 5.97 Å². The molecule has 2 heteroatoms. The highest BCUT2D eigenvalue weighted by molar-refractivity contribution is 5.83. The van der Waals surface area contributed by atoms with E-state index in [2.05, 4.69) is 5.92 Å². The molecule has 96 valence electrons. The molecular weight excluding hydrogens is 236 g/mol. The Morgan fingerprint density at radius 3 is 2.47 bits per heavy atom. The Morgan fingerprint density at radius 2 is 1.84 bits per heavy atom. The molecule has 0 N–H and O–H groups in total. The number of carbonyl (C=O) groups is 1. The number of terminal acetylenes is 1. The molecule has 2 aromatic carbocycles. The number of esters is 1. The molecule has 0 unspecified atom stereocenters. The summed E-state index contributed by atoms with van der Waals surface area (Å²) in [5.74, 6) is 2.06. The van der Waals surface area contributed by atoms with Crippen molar-refractivity contribution >= 4 is 16.7 Å². The van der Waals surface area contributed by atoms with E-state index in [0.29, 0.717) is 0 Å². The van der Waals surface area contributed by atoms with E-state index in [1.807, 2.05) is 42.5 Å². The molecule has 1 atom stereocenters. The first-order valence-electron chi connectivity index (χ1n) is 6.27. The zero-order valence-corrected chi connectivity index (χ0v) is 11.1. The van der Waals surface area contributed by atoms with Crippen LogP contribution in [0.2, 0.25) is 0 Å². The van der Waals surface area contributed by atoms with Crippen LogP contribution in [0.15, 0.2) is 42.5 Å². The highest BCUT2D eigenvalue weighted by Crippen LogP contribution is 2.23. The highest BCUT2D eigenvalue weighted by atomic mass is 16.5. The van der Waals surface area contributed by atoms with E-state index in [1.165, 1.54) is 0 Å². The molecule has 2 aromatic rings. The normalized spacial score (nSPS) is 12.1. The summed E-state index contributed by atoms with van der Waals surface area (Å²) in [6.07, 6.45) is 4.84. The molecule has 2 rings (SSSR count). The predicted octanol–water partition coefficient (Wildman–Crippen LogP) is 3.71. The lowest BCUT2D eigenvalue weighted by Gasteiger charge is -2.15. The second-order valence-electron chi connectivity index (χ2n) is 4.74. The summed E-state index contributed by atoms with van der Waals surface area (Å²) in [5, 5.41) is 2.22. The number of carbonyl (C=O) groups excluding carboxylic acids is 1. The Balaban J connectivity index is 2.31. The maximum absolute atomic E-state index is 11.6. The highest BCUT2D eigenvalue weighted by Gasteiger charge is 2.16. The molecule has 0 bridgehead atoms. The van der Waals surface area contributed by atoms with Crippen LogP contribution in [-0.4, -0.2) is 5.97 Å². The van der Waals surface area contributed by atoms with E-state index < -0.39 is 6.10 Å². The minimum Gasteiger partial charge on any atom is -0.444 e. The largest absolute Gasteiger partial charge is 0.444 e. The van der Waals surface area contributed by atoms with E-state index in [9.17, 15) is 4.79 Å². The molecule has 0 aromatic heterocycles. The number of benzene rings is 2. The summed E-state index contributed by atoms with van der Waals surface area (Å²) in [7, 11) is 0. The zero-order chi connectivity index (χ0) is 13.8. The summed E-state index contributed by atoms with van der Waals surface area (Å²) in [5.41, 5.74) is 0.829. The fourth-order valence-corrected chi connectivity index (χ4v) is 1.82. The second kappa shape index (κ2) is 5.58. The van der Waals surface area contributed by atoms with Crippen LogP contribution in [0, 0.1) is 18.3 Å². The third-order valence-corrected chi connectivity index (χ3v) is 2.93. The topological polar surface area (TPSA) is 26.3 Å². The summed E-state index contributed by atoms with van der Waals surface area (Å²) < 4.78 is 5.32. The third kappa shape index (κ3) is 2.95. The van der Waals surface area contributed by atoms with Crippen molar-refractivity contribution in [2.75, 3.05) is 0 Å². The maximum Gasteiger partial charge on any atom is 0.309 e. The monoisotopic (exact) mass is 252 g/mol.